The Morgan fingerprint density at radius 1 is 1.25 bits per heavy atom. The summed E-state index contributed by atoms with van der Waals surface area (Å²) < 4.78 is 10.6. The first-order valence-electron chi connectivity index (χ1n) is 5.37. The second-order valence-electron chi connectivity index (χ2n) is 4.15. The van der Waals surface area contributed by atoms with E-state index in [1.807, 2.05) is 18.2 Å². The standard InChI is InChI=1S/C13H12O3/c1-8-10(3-4-11(8)14)9-2-5-12-13(6-9)16-7-15-12/h2,5-6,10H,1,3-4,7H2. The van der Waals surface area contributed by atoms with Gasteiger partial charge in [-0.05, 0) is 29.7 Å². The number of ether oxygens (including phenoxy) is 2. The van der Waals surface area contributed by atoms with Crippen LogP contribution in [-0.4, -0.2) is 12.6 Å². The van der Waals surface area contributed by atoms with E-state index in [-0.39, 0.29) is 18.5 Å². The molecule has 1 aromatic carbocycles. The Kier molecular flexibility index (Phi) is 1.99. The molecule has 1 unspecified atom stereocenters. The highest BCUT2D eigenvalue weighted by Crippen LogP contribution is 2.40. The molecule has 16 heavy (non-hydrogen) atoms. The predicted octanol–water partition coefficient (Wildman–Crippen LogP) is 2.42. The van der Waals surface area contributed by atoms with Gasteiger partial charge in [0.25, 0.3) is 0 Å². The monoisotopic (exact) mass is 216 g/mol. The third-order valence-corrected chi connectivity index (χ3v) is 3.24. The molecule has 3 heteroatoms. The minimum Gasteiger partial charge on any atom is -0.454 e. The Morgan fingerprint density at radius 2 is 2.06 bits per heavy atom. The number of carbonyl (C=O) groups excluding carboxylic acids is 1. The van der Waals surface area contributed by atoms with Crippen LogP contribution in [0, 0.1) is 0 Å². The number of allylic oxidation sites excluding steroid dienone is 1. The van der Waals surface area contributed by atoms with Crippen LogP contribution < -0.4 is 9.47 Å². The minimum atomic E-state index is 0.155. The lowest BCUT2D eigenvalue weighted by Gasteiger charge is -2.10. The Bertz CT molecular complexity index is 476. The van der Waals surface area contributed by atoms with E-state index >= 15 is 0 Å². The molecular formula is C13H12O3. The molecule has 82 valence electrons. The highest BCUT2D eigenvalue weighted by Gasteiger charge is 2.29. The average Bonchev–Trinajstić information content (AvgIpc) is 2.86. The topological polar surface area (TPSA) is 35.5 Å². The molecule has 0 saturated heterocycles. The van der Waals surface area contributed by atoms with Crippen LogP contribution in [0.5, 0.6) is 11.5 Å². The van der Waals surface area contributed by atoms with Crippen LogP contribution in [0.4, 0.5) is 0 Å². The van der Waals surface area contributed by atoms with E-state index in [0.717, 1.165) is 29.1 Å². The van der Waals surface area contributed by atoms with Crippen molar-refractivity contribution in [3.05, 3.63) is 35.9 Å². The molecule has 0 aromatic heterocycles. The van der Waals surface area contributed by atoms with Crippen LogP contribution in [0.1, 0.15) is 24.3 Å². The second kappa shape index (κ2) is 3.37. The molecule has 0 spiro atoms. The van der Waals surface area contributed by atoms with E-state index in [1.54, 1.807) is 0 Å². The number of hydrogen-bond acceptors (Lipinski definition) is 3. The van der Waals surface area contributed by atoms with Gasteiger partial charge in [-0.1, -0.05) is 12.6 Å². The van der Waals surface area contributed by atoms with E-state index in [4.69, 9.17) is 9.47 Å². The number of benzene rings is 1. The van der Waals surface area contributed by atoms with Crippen molar-refractivity contribution in [2.24, 2.45) is 0 Å². The van der Waals surface area contributed by atoms with Crippen molar-refractivity contribution >= 4 is 5.78 Å². The summed E-state index contributed by atoms with van der Waals surface area (Å²) in [5.74, 6) is 1.88. The maximum Gasteiger partial charge on any atom is 0.231 e. The van der Waals surface area contributed by atoms with Gasteiger partial charge in [-0.25, -0.2) is 0 Å². The number of ketones is 1. The molecule has 1 aliphatic carbocycles. The second-order valence-corrected chi connectivity index (χ2v) is 4.15. The minimum absolute atomic E-state index is 0.155. The van der Waals surface area contributed by atoms with Crippen LogP contribution in [-0.2, 0) is 4.79 Å². The fraction of sp³-hybridized carbons (Fsp3) is 0.308. The first-order valence-corrected chi connectivity index (χ1v) is 5.37. The number of Topliss-reactive ketones (excluding diaryl/α,β-unsaturated/α-hetero) is 1. The summed E-state index contributed by atoms with van der Waals surface area (Å²) in [6.45, 7) is 4.15. The SMILES string of the molecule is C=C1C(=O)CCC1c1ccc2c(c1)OCO2. The molecule has 0 amide bonds. The summed E-state index contributed by atoms with van der Waals surface area (Å²) in [4.78, 5) is 11.4. The summed E-state index contributed by atoms with van der Waals surface area (Å²) >= 11 is 0. The fourth-order valence-corrected chi connectivity index (χ4v) is 2.30. The molecule has 1 aromatic rings. The Labute approximate surface area is 93.7 Å². The van der Waals surface area contributed by atoms with E-state index in [0.29, 0.717) is 6.42 Å². The Morgan fingerprint density at radius 3 is 2.81 bits per heavy atom. The number of carbonyl (C=O) groups is 1. The first-order chi connectivity index (χ1) is 7.75. The van der Waals surface area contributed by atoms with Gasteiger partial charge in [0.15, 0.2) is 17.3 Å². The lowest BCUT2D eigenvalue weighted by atomic mass is 9.94. The zero-order valence-corrected chi connectivity index (χ0v) is 8.86. The number of hydrogen-bond donors (Lipinski definition) is 0. The molecule has 3 nitrogen and oxygen atoms in total. The number of rotatable bonds is 1. The van der Waals surface area contributed by atoms with Gasteiger partial charge in [-0.15, -0.1) is 0 Å². The van der Waals surface area contributed by atoms with Crippen molar-refractivity contribution in [2.45, 2.75) is 18.8 Å². The van der Waals surface area contributed by atoms with Crippen molar-refractivity contribution in [3.8, 4) is 11.5 Å². The molecule has 1 heterocycles. The van der Waals surface area contributed by atoms with E-state index < -0.39 is 0 Å². The van der Waals surface area contributed by atoms with Gasteiger partial charge < -0.3 is 9.47 Å². The highest BCUT2D eigenvalue weighted by molar-refractivity contribution is 5.98. The van der Waals surface area contributed by atoms with Crippen molar-refractivity contribution in [3.63, 3.8) is 0 Å². The van der Waals surface area contributed by atoms with Gasteiger partial charge in [0.2, 0.25) is 6.79 Å². The van der Waals surface area contributed by atoms with Crippen LogP contribution in [0.2, 0.25) is 0 Å². The molecule has 0 N–H and O–H groups in total. The van der Waals surface area contributed by atoms with Crippen LogP contribution in [0.25, 0.3) is 0 Å². The quantitative estimate of drug-likeness (QED) is 0.676. The smallest absolute Gasteiger partial charge is 0.231 e. The zero-order valence-electron chi connectivity index (χ0n) is 8.86. The lowest BCUT2D eigenvalue weighted by molar-refractivity contribution is -0.114. The average molecular weight is 216 g/mol. The van der Waals surface area contributed by atoms with E-state index in [1.165, 1.54) is 0 Å². The van der Waals surface area contributed by atoms with Gasteiger partial charge in [0.05, 0.1) is 0 Å². The van der Waals surface area contributed by atoms with Gasteiger partial charge in [-0.3, -0.25) is 4.79 Å². The number of fused-ring (bicyclic) bond motifs is 1. The van der Waals surface area contributed by atoms with Gasteiger partial charge in [0, 0.05) is 12.3 Å². The van der Waals surface area contributed by atoms with E-state index in [9.17, 15) is 4.79 Å². The zero-order chi connectivity index (χ0) is 11.1. The maximum absolute atomic E-state index is 11.4. The van der Waals surface area contributed by atoms with Crippen LogP contribution >= 0.6 is 0 Å². The third kappa shape index (κ3) is 1.32. The van der Waals surface area contributed by atoms with Crippen LogP contribution in [0.15, 0.2) is 30.4 Å². The third-order valence-electron chi connectivity index (χ3n) is 3.24. The van der Waals surface area contributed by atoms with Gasteiger partial charge >= 0.3 is 0 Å². The normalized spacial score (nSPS) is 22.9. The fourth-order valence-electron chi connectivity index (χ4n) is 2.30. The maximum atomic E-state index is 11.4. The van der Waals surface area contributed by atoms with Crippen molar-refractivity contribution in [1.29, 1.82) is 0 Å². The summed E-state index contributed by atoms with van der Waals surface area (Å²) in [6.07, 6.45) is 1.47. The highest BCUT2D eigenvalue weighted by atomic mass is 16.7. The molecule has 1 fully saturated rings. The molecule has 0 radical (unpaired) electrons. The summed E-state index contributed by atoms with van der Waals surface area (Å²) in [7, 11) is 0. The summed E-state index contributed by atoms with van der Waals surface area (Å²) in [5.41, 5.74) is 1.82. The van der Waals surface area contributed by atoms with Gasteiger partial charge in [0.1, 0.15) is 0 Å². The first kappa shape index (κ1) is 9.46. The molecule has 1 saturated carbocycles. The Hall–Kier alpha value is -1.77. The molecular weight excluding hydrogens is 204 g/mol. The van der Waals surface area contributed by atoms with Crippen molar-refractivity contribution in [1.82, 2.24) is 0 Å². The van der Waals surface area contributed by atoms with Crippen molar-refractivity contribution < 1.29 is 14.3 Å². The lowest BCUT2D eigenvalue weighted by Crippen LogP contribution is -1.98. The summed E-state index contributed by atoms with van der Waals surface area (Å²) in [6, 6.07) is 5.84. The Balaban J connectivity index is 1.96. The van der Waals surface area contributed by atoms with E-state index in [2.05, 4.69) is 6.58 Å². The molecule has 2 aliphatic rings. The molecule has 1 atom stereocenters. The van der Waals surface area contributed by atoms with Crippen molar-refractivity contribution in [2.75, 3.05) is 6.79 Å². The molecule has 1 aliphatic heterocycles. The largest absolute Gasteiger partial charge is 0.454 e. The molecule has 3 rings (SSSR count). The van der Waals surface area contributed by atoms with Gasteiger partial charge in [-0.2, -0.15) is 0 Å². The predicted molar refractivity (Wildman–Crippen MR) is 58.7 cm³/mol. The summed E-state index contributed by atoms with van der Waals surface area (Å²) in [5, 5.41) is 0. The van der Waals surface area contributed by atoms with Crippen LogP contribution in [0.3, 0.4) is 0 Å². The molecule has 0 bridgehead atoms.